The minimum absolute atomic E-state index is 0.0531. The van der Waals surface area contributed by atoms with Gasteiger partial charge in [-0.15, -0.1) is 0 Å². The first-order valence-electron chi connectivity index (χ1n) is 8.25. The standard InChI is InChI=1S/C18H23ClN2O5S2/c1-21(2)17(13-6-5-7-14(10-13)26-3)12-20-28(24,25)18-11-15(27(4,22)23)8-9-16(18)19/h5-11,17,20H,12H2,1-4H3. The zero-order valence-electron chi connectivity index (χ0n) is 16.0. The van der Waals surface area contributed by atoms with Crippen LogP contribution in [-0.4, -0.2) is 55.7 Å². The van der Waals surface area contributed by atoms with Crippen LogP contribution >= 0.6 is 11.6 Å². The van der Waals surface area contributed by atoms with Crippen LogP contribution in [0.1, 0.15) is 11.6 Å². The summed E-state index contributed by atoms with van der Waals surface area (Å²) >= 11 is 6.02. The Bertz CT molecular complexity index is 1050. The number of sulfone groups is 1. The van der Waals surface area contributed by atoms with Gasteiger partial charge in [0.15, 0.2) is 9.84 Å². The molecule has 1 atom stereocenters. The van der Waals surface area contributed by atoms with E-state index in [2.05, 4.69) is 4.72 Å². The highest BCUT2D eigenvalue weighted by atomic mass is 35.5. The van der Waals surface area contributed by atoms with Crippen LogP contribution in [0, 0.1) is 0 Å². The fourth-order valence-corrected chi connectivity index (χ4v) is 4.92. The lowest BCUT2D eigenvalue weighted by molar-refractivity contribution is 0.298. The van der Waals surface area contributed by atoms with Crippen molar-refractivity contribution in [1.29, 1.82) is 0 Å². The van der Waals surface area contributed by atoms with Gasteiger partial charge in [0, 0.05) is 18.8 Å². The molecular weight excluding hydrogens is 424 g/mol. The van der Waals surface area contributed by atoms with Gasteiger partial charge in [-0.25, -0.2) is 21.6 Å². The topological polar surface area (TPSA) is 92.8 Å². The van der Waals surface area contributed by atoms with E-state index in [0.29, 0.717) is 5.75 Å². The van der Waals surface area contributed by atoms with Crippen molar-refractivity contribution in [3.8, 4) is 5.75 Å². The summed E-state index contributed by atoms with van der Waals surface area (Å²) in [7, 11) is -2.38. The van der Waals surface area contributed by atoms with Crippen molar-refractivity contribution in [3.63, 3.8) is 0 Å². The highest BCUT2D eigenvalue weighted by Crippen LogP contribution is 2.26. The Morgan fingerprint density at radius 2 is 1.79 bits per heavy atom. The first-order chi connectivity index (χ1) is 13.0. The van der Waals surface area contributed by atoms with Gasteiger partial charge in [0.2, 0.25) is 10.0 Å². The summed E-state index contributed by atoms with van der Waals surface area (Å²) in [6.45, 7) is 0.0575. The summed E-state index contributed by atoms with van der Waals surface area (Å²) in [5, 5.41) is -0.0531. The van der Waals surface area contributed by atoms with Crippen LogP contribution in [-0.2, 0) is 19.9 Å². The molecule has 0 aliphatic carbocycles. The first kappa shape index (κ1) is 22.6. The van der Waals surface area contributed by atoms with Crippen molar-refractivity contribution in [2.45, 2.75) is 15.8 Å². The second-order valence-electron chi connectivity index (χ2n) is 6.47. The SMILES string of the molecule is COc1cccc(C(CNS(=O)(=O)c2cc(S(C)(=O)=O)ccc2Cl)N(C)C)c1. The third-order valence-corrected chi connectivity index (χ3v) is 7.20. The molecule has 0 radical (unpaired) electrons. The maximum atomic E-state index is 12.8. The average molecular weight is 447 g/mol. The quantitative estimate of drug-likeness (QED) is 0.669. The van der Waals surface area contributed by atoms with E-state index >= 15 is 0 Å². The van der Waals surface area contributed by atoms with Crippen LogP contribution in [0.3, 0.4) is 0 Å². The van der Waals surface area contributed by atoms with E-state index in [0.717, 1.165) is 17.9 Å². The predicted octanol–water partition coefficient (Wildman–Crippen LogP) is 2.33. The predicted molar refractivity (Wildman–Crippen MR) is 109 cm³/mol. The zero-order chi connectivity index (χ0) is 21.1. The minimum atomic E-state index is -4.03. The Balaban J connectivity index is 2.32. The number of benzene rings is 2. The number of rotatable bonds is 8. The molecule has 0 saturated heterocycles. The molecule has 0 heterocycles. The first-order valence-corrected chi connectivity index (χ1v) is 12.0. The number of halogens is 1. The zero-order valence-corrected chi connectivity index (χ0v) is 18.4. The average Bonchev–Trinajstić information content (AvgIpc) is 2.61. The van der Waals surface area contributed by atoms with Crippen molar-refractivity contribution in [2.24, 2.45) is 0 Å². The number of ether oxygens (including phenoxy) is 1. The number of hydrogen-bond donors (Lipinski definition) is 1. The highest BCUT2D eigenvalue weighted by Gasteiger charge is 2.23. The fraction of sp³-hybridized carbons (Fsp3) is 0.333. The van der Waals surface area contributed by atoms with Gasteiger partial charge in [-0.1, -0.05) is 23.7 Å². The smallest absolute Gasteiger partial charge is 0.242 e. The molecule has 7 nitrogen and oxygen atoms in total. The Labute approximate surface area is 171 Å². The lowest BCUT2D eigenvalue weighted by Gasteiger charge is -2.25. The molecule has 0 aliphatic heterocycles. The van der Waals surface area contributed by atoms with E-state index in [4.69, 9.17) is 16.3 Å². The van der Waals surface area contributed by atoms with Crippen molar-refractivity contribution >= 4 is 31.5 Å². The number of likely N-dealkylation sites (N-methyl/N-ethyl adjacent to an activating group) is 1. The van der Waals surface area contributed by atoms with Gasteiger partial charge in [0.1, 0.15) is 10.6 Å². The molecule has 0 aromatic heterocycles. The molecule has 10 heteroatoms. The number of sulfonamides is 1. The summed E-state index contributed by atoms with van der Waals surface area (Å²) in [5.41, 5.74) is 0.864. The number of nitrogens with zero attached hydrogens (tertiary/aromatic N) is 1. The van der Waals surface area contributed by atoms with Crippen molar-refractivity contribution in [2.75, 3.05) is 34.0 Å². The van der Waals surface area contributed by atoms with Crippen LogP contribution < -0.4 is 9.46 Å². The van der Waals surface area contributed by atoms with Crippen molar-refractivity contribution < 1.29 is 21.6 Å². The van der Waals surface area contributed by atoms with E-state index in [1.165, 1.54) is 12.1 Å². The summed E-state index contributed by atoms with van der Waals surface area (Å²) in [4.78, 5) is 1.47. The third-order valence-electron chi connectivity index (χ3n) is 4.19. The maximum absolute atomic E-state index is 12.8. The molecule has 0 saturated carbocycles. The maximum Gasteiger partial charge on any atom is 0.242 e. The summed E-state index contributed by atoms with van der Waals surface area (Å²) < 4.78 is 56.8. The van der Waals surface area contributed by atoms with Gasteiger partial charge in [0.05, 0.1) is 17.0 Å². The molecule has 1 N–H and O–H groups in total. The third kappa shape index (κ3) is 5.45. The van der Waals surface area contributed by atoms with Crippen LogP contribution in [0.5, 0.6) is 5.75 Å². The van der Waals surface area contributed by atoms with Crippen molar-refractivity contribution in [3.05, 3.63) is 53.1 Å². The van der Waals surface area contributed by atoms with Crippen LogP contribution in [0.4, 0.5) is 0 Å². The van der Waals surface area contributed by atoms with E-state index in [-0.39, 0.29) is 27.4 Å². The van der Waals surface area contributed by atoms with Gasteiger partial charge in [0.25, 0.3) is 0 Å². The Morgan fingerprint density at radius 1 is 1.11 bits per heavy atom. The lowest BCUT2D eigenvalue weighted by Crippen LogP contribution is -2.34. The van der Waals surface area contributed by atoms with Crippen LogP contribution in [0.25, 0.3) is 0 Å². The largest absolute Gasteiger partial charge is 0.497 e. The monoisotopic (exact) mass is 446 g/mol. The molecule has 2 aromatic carbocycles. The van der Waals surface area contributed by atoms with Gasteiger partial charge in [-0.3, -0.25) is 0 Å². The molecule has 2 rings (SSSR count). The Hall–Kier alpha value is -1.65. The molecule has 0 aliphatic rings. The fourth-order valence-electron chi connectivity index (χ4n) is 2.63. The molecule has 0 spiro atoms. The molecule has 2 aromatic rings. The van der Waals surface area contributed by atoms with Crippen LogP contribution in [0.15, 0.2) is 52.3 Å². The molecule has 0 bridgehead atoms. The highest BCUT2D eigenvalue weighted by molar-refractivity contribution is 7.91. The number of nitrogens with one attached hydrogen (secondary N) is 1. The van der Waals surface area contributed by atoms with Gasteiger partial charge in [-0.05, 0) is 50.0 Å². The van der Waals surface area contributed by atoms with E-state index < -0.39 is 19.9 Å². The molecule has 154 valence electrons. The van der Waals surface area contributed by atoms with Gasteiger partial charge >= 0.3 is 0 Å². The Kier molecular flexibility index (Phi) is 7.11. The lowest BCUT2D eigenvalue weighted by atomic mass is 10.1. The number of hydrogen-bond acceptors (Lipinski definition) is 6. The normalized spacial score (nSPS) is 13.5. The summed E-state index contributed by atoms with van der Waals surface area (Å²) in [5.74, 6) is 0.663. The van der Waals surface area contributed by atoms with Crippen LogP contribution in [0.2, 0.25) is 5.02 Å². The molecule has 0 amide bonds. The molecular formula is C18H23ClN2O5S2. The van der Waals surface area contributed by atoms with Gasteiger partial charge < -0.3 is 9.64 Å². The van der Waals surface area contributed by atoms with E-state index in [1.807, 2.05) is 37.2 Å². The number of methoxy groups -OCH3 is 1. The summed E-state index contributed by atoms with van der Waals surface area (Å²) in [6.07, 6.45) is 1.00. The van der Waals surface area contributed by atoms with Crippen molar-refractivity contribution in [1.82, 2.24) is 9.62 Å². The molecule has 0 fully saturated rings. The molecule has 28 heavy (non-hydrogen) atoms. The van der Waals surface area contributed by atoms with Gasteiger partial charge in [-0.2, -0.15) is 0 Å². The minimum Gasteiger partial charge on any atom is -0.497 e. The second-order valence-corrected chi connectivity index (χ2v) is 10.6. The molecule has 1 unspecified atom stereocenters. The Morgan fingerprint density at radius 3 is 2.36 bits per heavy atom. The second kappa shape index (κ2) is 8.79. The summed E-state index contributed by atoms with van der Waals surface area (Å²) in [6, 6.07) is 10.7. The van der Waals surface area contributed by atoms with E-state index in [9.17, 15) is 16.8 Å². The van der Waals surface area contributed by atoms with E-state index in [1.54, 1.807) is 13.2 Å².